The van der Waals surface area contributed by atoms with Crippen LogP contribution in [-0.2, 0) is 26.0 Å². The lowest BCUT2D eigenvalue weighted by atomic mass is 10.1. The van der Waals surface area contributed by atoms with Crippen molar-refractivity contribution in [1.29, 1.82) is 0 Å². The van der Waals surface area contributed by atoms with Crippen LogP contribution in [0.4, 0.5) is 15.8 Å². The summed E-state index contributed by atoms with van der Waals surface area (Å²) in [5.41, 5.74) is 1.64. The molecule has 29 heavy (non-hydrogen) atoms. The van der Waals surface area contributed by atoms with Crippen LogP contribution in [0.25, 0.3) is 0 Å². The molecule has 0 bridgehead atoms. The summed E-state index contributed by atoms with van der Waals surface area (Å²) >= 11 is 5.83. The van der Waals surface area contributed by atoms with E-state index in [9.17, 15) is 22.4 Å². The van der Waals surface area contributed by atoms with Gasteiger partial charge in [0.2, 0.25) is 10.0 Å². The molecule has 3 rings (SSSR count). The molecule has 1 aliphatic rings. The summed E-state index contributed by atoms with van der Waals surface area (Å²) < 4.78 is 43.3. The standard InChI is InChI=1S/C19H18ClFN2O5S/c1-11-7-13-8-12(3-6-17(13)23(11)29(2,26)27)19(25)28-10-18(24)22-16-5-4-14(21)9-15(16)20/h3-6,8-9,11H,7,10H2,1-2H3,(H,22,24). The number of nitrogens with zero attached hydrogens (tertiary/aromatic N) is 1. The summed E-state index contributed by atoms with van der Waals surface area (Å²) in [6.07, 6.45) is 1.60. The van der Waals surface area contributed by atoms with Crippen LogP contribution in [0.2, 0.25) is 5.02 Å². The molecule has 7 nitrogen and oxygen atoms in total. The number of carbonyl (C=O) groups is 2. The van der Waals surface area contributed by atoms with Crippen LogP contribution >= 0.6 is 11.6 Å². The Bertz CT molecular complexity index is 1090. The van der Waals surface area contributed by atoms with Gasteiger partial charge < -0.3 is 10.1 Å². The van der Waals surface area contributed by atoms with E-state index in [0.717, 1.165) is 18.4 Å². The molecule has 0 spiro atoms. The molecule has 1 amide bonds. The van der Waals surface area contributed by atoms with Gasteiger partial charge in [-0.15, -0.1) is 0 Å². The predicted octanol–water partition coefficient (Wildman–Crippen LogP) is 2.99. The molecule has 0 radical (unpaired) electrons. The number of hydrogen-bond donors (Lipinski definition) is 1. The molecule has 1 atom stereocenters. The molecule has 1 heterocycles. The van der Waals surface area contributed by atoms with E-state index in [1.165, 1.54) is 16.4 Å². The SMILES string of the molecule is CC1Cc2cc(C(=O)OCC(=O)Nc3ccc(F)cc3Cl)ccc2N1S(C)(=O)=O. The second kappa shape index (κ2) is 8.00. The van der Waals surface area contributed by atoms with E-state index in [0.29, 0.717) is 17.7 Å². The molecular formula is C19H18ClFN2O5S. The summed E-state index contributed by atoms with van der Waals surface area (Å²) in [7, 11) is -3.43. The van der Waals surface area contributed by atoms with Gasteiger partial charge in [0.25, 0.3) is 5.91 Å². The molecule has 2 aromatic carbocycles. The molecule has 0 saturated heterocycles. The number of anilines is 2. The Morgan fingerprint density at radius 2 is 2.00 bits per heavy atom. The number of benzene rings is 2. The average Bonchev–Trinajstić information content (AvgIpc) is 2.97. The minimum Gasteiger partial charge on any atom is -0.452 e. The lowest BCUT2D eigenvalue weighted by Crippen LogP contribution is -2.34. The Kier molecular flexibility index (Phi) is 5.81. The highest BCUT2D eigenvalue weighted by molar-refractivity contribution is 7.92. The third kappa shape index (κ3) is 4.68. The number of esters is 1. The predicted molar refractivity (Wildman–Crippen MR) is 107 cm³/mol. The monoisotopic (exact) mass is 440 g/mol. The second-order valence-corrected chi connectivity index (χ2v) is 8.97. The normalized spacial score (nSPS) is 15.7. The molecule has 1 aliphatic heterocycles. The van der Waals surface area contributed by atoms with E-state index in [2.05, 4.69) is 5.32 Å². The Labute approximate surface area is 172 Å². The van der Waals surface area contributed by atoms with E-state index < -0.39 is 34.3 Å². The van der Waals surface area contributed by atoms with Crippen LogP contribution < -0.4 is 9.62 Å². The molecule has 0 aromatic heterocycles. The third-order valence-electron chi connectivity index (χ3n) is 4.37. The van der Waals surface area contributed by atoms with Crippen LogP contribution in [0.5, 0.6) is 0 Å². The molecule has 154 valence electrons. The van der Waals surface area contributed by atoms with Crippen LogP contribution in [-0.4, -0.2) is 39.2 Å². The number of amides is 1. The van der Waals surface area contributed by atoms with Crippen molar-refractivity contribution in [2.24, 2.45) is 0 Å². The second-order valence-electron chi connectivity index (χ2n) is 6.70. The lowest BCUT2D eigenvalue weighted by molar-refractivity contribution is -0.119. The number of nitrogens with one attached hydrogen (secondary N) is 1. The first-order valence-corrected chi connectivity index (χ1v) is 10.8. The van der Waals surface area contributed by atoms with Gasteiger partial charge >= 0.3 is 5.97 Å². The molecule has 0 aliphatic carbocycles. The average molecular weight is 441 g/mol. The van der Waals surface area contributed by atoms with Gasteiger partial charge in [-0.2, -0.15) is 0 Å². The number of rotatable bonds is 5. The lowest BCUT2D eigenvalue weighted by Gasteiger charge is -2.21. The third-order valence-corrected chi connectivity index (χ3v) is 5.95. The molecule has 1 N–H and O–H groups in total. The van der Waals surface area contributed by atoms with Crippen molar-refractivity contribution >= 4 is 44.9 Å². The largest absolute Gasteiger partial charge is 0.452 e. The summed E-state index contributed by atoms with van der Waals surface area (Å²) in [6.45, 7) is 1.22. The van der Waals surface area contributed by atoms with Crippen LogP contribution in [0.15, 0.2) is 36.4 Å². The highest BCUT2D eigenvalue weighted by Gasteiger charge is 2.33. The maximum Gasteiger partial charge on any atom is 0.338 e. The maximum absolute atomic E-state index is 13.0. The van der Waals surface area contributed by atoms with E-state index >= 15 is 0 Å². The Hall–Kier alpha value is -2.65. The fourth-order valence-electron chi connectivity index (χ4n) is 3.23. The van der Waals surface area contributed by atoms with E-state index in [4.69, 9.17) is 16.3 Å². The Morgan fingerprint density at radius 1 is 1.28 bits per heavy atom. The van der Waals surface area contributed by atoms with E-state index in [1.54, 1.807) is 19.1 Å². The fourth-order valence-corrected chi connectivity index (χ4v) is 4.70. The van der Waals surface area contributed by atoms with Crippen LogP contribution in [0.3, 0.4) is 0 Å². The highest BCUT2D eigenvalue weighted by Crippen LogP contribution is 2.34. The zero-order valence-corrected chi connectivity index (χ0v) is 17.2. The summed E-state index contributed by atoms with van der Waals surface area (Å²) in [6, 6.07) is 7.80. The molecule has 0 fully saturated rings. The number of carbonyl (C=O) groups excluding carboxylic acids is 2. The van der Waals surface area contributed by atoms with Crippen LogP contribution in [0.1, 0.15) is 22.8 Å². The molecule has 0 saturated carbocycles. The molecular weight excluding hydrogens is 423 g/mol. The van der Waals surface area contributed by atoms with Crippen molar-refractivity contribution in [3.05, 3.63) is 58.4 Å². The number of fused-ring (bicyclic) bond motifs is 1. The Morgan fingerprint density at radius 3 is 2.66 bits per heavy atom. The van der Waals surface area contributed by atoms with Crippen molar-refractivity contribution in [2.75, 3.05) is 22.5 Å². The molecule has 1 unspecified atom stereocenters. The first kappa shape index (κ1) is 21.1. The molecule has 2 aromatic rings. The van der Waals surface area contributed by atoms with E-state index in [1.807, 2.05) is 0 Å². The summed E-state index contributed by atoms with van der Waals surface area (Å²) in [5, 5.41) is 2.45. The number of hydrogen-bond acceptors (Lipinski definition) is 5. The zero-order valence-electron chi connectivity index (χ0n) is 15.6. The van der Waals surface area contributed by atoms with Crippen molar-refractivity contribution in [2.45, 2.75) is 19.4 Å². The topological polar surface area (TPSA) is 92.8 Å². The highest BCUT2D eigenvalue weighted by atomic mass is 35.5. The van der Waals surface area contributed by atoms with Gasteiger partial charge in [-0.25, -0.2) is 17.6 Å². The fraction of sp³-hybridized carbons (Fsp3) is 0.263. The van der Waals surface area contributed by atoms with Crippen molar-refractivity contribution in [1.82, 2.24) is 0 Å². The number of sulfonamides is 1. The summed E-state index contributed by atoms with van der Waals surface area (Å²) in [5.74, 6) is -1.90. The number of halogens is 2. The van der Waals surface area contributed by atoms with E-state index in [-0.39, 0.29) is 22.3 Å². The van der Waals surface area contributed by atoms with Gasteiger partial charge in [0, 0.05) is 6.04 Å². The van der Waals surface area contributed by atoms with Crippen molar-refractivity contribution < 1.29 is 27.1 Å². The van der Waals surface area contributed by atoms with Gasteiger partial charge in [0.1, 0.15) is 5.82 Å². The summed E-state index contributed by atoms with van der Waals surface area (Å²) in [4.78, 5) is 24.2. The zero-order chi connectivity index (χ0) is 21.3. The van der Waals surface area contributed by atoms with Gasteiger partial charge in [-0.05, 0) is 55.3 Å². The minimum atomic E-state index is -3.43. The molecule has 10 heteroatoms. The maximum atomic E-state index is 13.0. The van der Waals surface area contributed by atoms with Crippen molar-refractivity contribution in [3.8, 4) is 0 Å². The first-order valence-electron chi connectivity index (χ1n) is 8.60. The Balaban J connectivity index is 1.65. The minimum absolute atomic E-state index is 0.0212. The number of ether oxygens (including phenoxy) is 1. The van der Waals surface area contributed by atoms with Gasteiger partial charge in [-0.1, -0.05) is 11.6 Å². The van der Waals surface area contributed by atoms with Gasteiger partial charge in [0.05, 0.1) is 28.2 Å². The van der Waals surface area contributed by atoms with Gasteiger partial charge in [-0.3, -0.25) is 9.10 Å². The quantitative estimate of drug-likeness (QED) is 0.721. The van der Waals surface area contributed by atoms with Crippen molar-refractivity contribution in [3.63, 3.8) is 0 Å². The van der Waals surface area contributed by atoms with Crippen LogP contribution in [0, 0.1) is 5.82 Å². The smallest absolute Gasteiger partial charge is 0.338 e. The first-order chi connectivity index (χ1) is 13.6. The van der Waals surface area contributed by atoms with Gasteiger partial charge in [0.15, 0.2) is 6.61 Å².